The molecule has 0 saturated carbocycles. The highest BCUT2D eigenvalue weighted by Crippen LogP contribution is 2.42. The summed E-state index contributed by atoms with van der Waals surface area (Å²) in [5.74, 6) is -3.14. The maximum atomic E-state index is 12.2. The van der Waals surface area contributed by atoms with E-state index in [0.717, 1.165) is 6.92 Å². The molecule has 1 aromatic rings. The fourth-order valence-electron chi connectivity index (χ4n) is 2.39. The molecule has 1 unspecified atom stereocenters. The third kappa shape index (κ3) is 2.76. The lowest BCUT2D eigenvalue weighted by molar-refractivity contribution is -0.169. The molecular weight excluding hydrogens is 292 g/mol. The van der Waals surface area contributed by atoms with E-state index in [-0.39, 0.29) is 11.5 Å². The quantitative estimate of drug-likeness (QED) is 0.708. The number of amides is 2. The Balaban J connectivity index is 2.55. The van der Waals surface area contributed by atoms with Gasteiger partial charge in [0.25, 0.3) is 5.91 Å². The van der Waals surface area contributed by atoms with Gasteiger partial charge >= 0.3 is 11.9 Å². The van der Waals surface area contributed by atoms with Gasteiger partial charge in [-0.15, -0.1) is 0 Å². The summed E-state index contributed by atoms with van der Waals surface area (Å²) in [5, 5.41) is 14.1. The lowest BCUT2D eigenvalue weighted by Crippen LogP contribution is -2.40. The van der Waals surface area contributed by atoms with Crippen LogP contribution >= 0.6 is 0 Å². The molecule has 0 spiro atoms. The average Bonchev–Trinajstić information content (AvgIpc) is 2.61. The first-order valence-electron chi connectivity index (χ1n) is 6.39. The van der Waals surface area contributed by atoms with Crippen LogP contribution in [-0.4, -0.2) is 28.9 Å². The second-order valence-electron chi connectivity index (χ2n) is 4.89. The third-order valence-electron chi connectivity index (χ3n) is 3.11. The Morgan fingerprint density at radius 1 is 1.32 bits per heavy atom. The van der Waals surface area contributed by atoms with Crippen molar-refractivity contribution in [2.24, 2.45) is 0 Å². The molecular formula is C14H14N2O6. The summed E-state index contributed by atoms with van der Waals surface area (Å²) in [4.78, 5) is 45.8. The molecule has 1 heterocycles. The number of hydrogen-bond donors (Lipinski definition) is 3. The number of carbonyl (C=O) groups excluding carboxylic acids is 3. The van der Waals surface area contributed by atoms with Crippen LogP contribution in [0.3, 0.4) is 0 Å². The van der Waals surface area contributed by atoms with E-state index in [1.807, 2.05) is 0 Å². The maximum Gasteiger partial charge on any atom is 0.308 e. The van der Waals surface area contributed by atoms with Crippen molar-refractivity contribution in [1.82, 2.24) is 0 Å². The Morgan fingerprint density at radius 2 is 2.00 bits per heavy atom. The molecule has 8 nitrogen and oxygen atoms in total. The number of hydrogen-bond acceptors (Lipinski definition) is 5. The van der Waals surface area contributed by atoms with E-state index in [1.54, 1.807) is 6.07 Å². The van der Waals surface area contributed by atoms with Crippen molar-refractivity contribution >= 4 is 35.1 Å². The minimum absolute atomic E-state index is 0.196. The van der Waals surface area contributed by atoms with Gasteiger partial charge in [-0.25, -0.2) is 0 Å². The molecule has 116 valence electrons. The number of fused-ring (bicyclic) bond motifs is 1. The van der Waals surface area contributed by atoms with E-state index in [4.69, 9.17) is 9.84 Å². The Kier molecular flexibility index (Phi) is 3.85. The predicted molar refractivity (Wildman–Crippen MR) is 75.1 cm³/mol. The molecule has 0 saturated heterocycles. The molecule has 3 N–H and O–H groups in total. The van der Waals surface area contributed by atoms with Crippen LogP contribution < -0.4 is 10.6 Å². The number of carbonyl (C=O) groups is 4. The number of nitrogens with one attached hydrogen (secondary N) is 2. The first kappa shape index (κ1) is 15.5. The number of aliphatic carboxylic acids is 1. The van der Waals surface area contributed by atoms with Gasteiger partial charge < -0.3 is 20.5 Å². The number of esters is 1. The SMILES string of the molecule is CC(=O)Nc1ccc2c(c1)C(CC(=O)O)(OC(C)=O)C(=O)N2. The first-order valence-corrected chi connectivity index (χ1v) is 6.39. The van der Waals surface area contributed by atoms with Crippen molar-refractivity contribution in [1.29, 1.82) is 0 Å². The fourth-order valence-corrected chi connectivity index (χ4v) is 2.39. The van der Waals surface area contributed by atoms with Crippen LogP contribution in [0.25, 0.3) is 0 Å². The number of benzene rings is 1. The van der Waals surface area contributed by atoms with Gasteiger partial charge in [0.2, 0.25) is 11.5 Å². The number of rotatable bonds is 4. The zero-order valence-electron chi connectivity index (χ0n) is 11.9. The Bertz CT molecular complexity index is 666. The van der Waals surface area contributed by atoms with Crippen LogP contribution in [-0.2, 0) is 29.5 Å². The highest BCUT2D eigenvalue weighted by Gasteiger charge is 2.52. The van der Waals surface area contributed by atoms with Gasteiger partial charge in [0.15, 0.2) is 0 Å². The smallest absolute Gasteiger partial charge is 0.308 e. The number of carboxylic acids is 1. The summed E-state index contributed by atoms with van der Waals surface area (Å²) >= 11 is 0. The molecule has 1 aromatic carbocycles. The summed E-state index contributed by atoms with van der Waals surface area (Å²) < 4.78 is 5.06. The van der Waals surface area contributed by atoms with E-state index in [2.05, 4.69) is 10.6 Å². The molecule has 0 aromatic heterocycles. The molecule has 0 aliphatic carbocycles. The summed E-state index contributed by atoms with van der Waals surface area (Å²) in [6.07, 6.45) is -0.713. The van der Waals surface area contributed by atoms with Crippen LogP contribution in [0.1, 0.15) is 25.8 Å². The predicted octanol–water partition coefficient (Wildman–Crippen LogP) is 0.830. The number of ether oxygens (including phenoxy) is 1. The van der Waals surface area contributed by atoms with Crippen molar-refractivity contribution in [2.45, 2.75) is 25.9 Å². The fraction of sp³-hybridized carbons (Fsp3) is 0.286. The van der Waals surface area contributed by atoms with Gasteiger partial charge in [0.05, 0.1) is 6.42 Å². The summed E-state index contributed by atoms with van der Waals surface area (Å²) in [6, 6.07) is 4.47. The molecule has 1 aliphatic heterocycles. The standard InChI is InChI=1S/C14H14N2O6/c1-7(17)15-9-3-4-11-10(5-9)14(6-12(19)20,13(21)16-11)22-8(2)18/h3-5H,6H2,1-2H3,(H,15,17)(H,16,21)(H,19,20). The minimum atomic E-state index is -1.94. The monoisotopic (exact) mass is 306 g/mol. The molecule has 22 heavy (non-hydrogen) atoms. The highest BCUT2D eigenvalue weighted by atomic mass is 16.6. The second-order valence-corrected chi connectivity index (χ2v) is 4.89. The van der Waals surface area contributed by atoms with Gasteiger partial charge in [-0.05, 0) is 18.2 Å². The van der Waals surface area contributed by atoms with Crippen LogP contribution in [0.4, 0.5) is 11.4 Å². The zero-order chi connectivity index (χ0) is 16.5. The zero-order valence-corrected chi connectivity index (χ0v) is 11.9. The Labute approximate surface area is 125 Å². The lowest BCUT2D eigenvalue weighted by atomic mass is 9.91. The molecule has 2 rings (SSSR count). The second kappa shape index (κ2) is 5.47. The Hall–Kier alpha value is -2.90. The van der Waals surface area contributed by atoms with Crippen LogP contribution in [0, 0.1) is 0 Å². The normalized spacial score (nSPS) is 19.1. The molecule has 2 amide bonds. The first-order chi connectivity index (χ1) is 10.2. The van der Waals surface area contributed by atoms with Crippen molar-refractivity contribution in [3.63, 3.8) is 0 Å². The molecule has 1 atom stereocenters. The largest absolute Gasteiger partial charge is 0.481 e. The van der Waals surface area contributed by atoms with Crippen LogP contribution in [0.2, 0.25) is 0 Å². The van der Waals surface area contributed by atoms with Gasteiger partial charge in [0.1, 0.15) is 0 Å². The summed E-state index contributed by atoms with van der Waals surface area (Å²) in [5.41, 5.74) is -1.05. The maximum absolute atomic E-state index is 12.2. The molecule has 0 radical (unpaired) electrons. The van der Waals surface area contributed by atoms with Crippen molar-refractivity contribution < 1.29 is 29.0 Å². The van der Waals surface area contributed by atoms with Crippen LogP contribution in [0.15, 0.2) is 18.2 Å². The van der Waals surface area contributed by atoms with Crippen LogP contribution in [0.5, 0.6) is 0 Å². The lowest BCUT2D eigenvalue weighted by Gasteiger charge is -2.25. The van der Waals surface area contributed by atoms with E-state index in [0.29, 0.717) is 11.4 Å². The van der Waals surface area contributed by atoms with E-state index in [1.165, 1.54) is 19.1 Å². The van der Waals surface area contributed by atoms with Gasteiger partial charge in [-0.1, -0.05) is 0 Å². The van der Waals surface area contributed by atoms with Gasteiger partial charge in [0, 0.05) is 30.8 Å². The molecule has 1 aliphatic rings. The highest BCUT2D eigenvalue weighted by molar-refractivity contribution is 6.08. The average molecular weight is 306 g/mol. The minimum Gasteiger partial charge on any atom is -0.481 e. The van der Waals surface area contributed by atoms with E-state index >= 15 is 0 Å². The summed E-state index contributed by atoms with van der Waals surface area (Å²) in [6.45, 7) is 2.40. The topological polar surface area (TPSA) is 122 Å². The number of carboxylic acid groups (broad SMARTS) is 1. The Morgan fingerprint density at radius 3 is 2.55 bits per heavy atom. The van der Waals surface area contributed by atoms with Gasteiger partial charge in [-0.3, -0.25) is 19.2 Å². The summed E-state index contributed by atoms with van der Waals surface area (Å²) in [7, 11) is 0. The van der Waals surface area contributed by atoms with Crippen molar-refractivity contribution in [3.05, 3.63) is 23.8 Å². The molecule has 0 bridgehead atoms. The molecule has 0 fully saturated rings. The van der Waals surface area contributed by atoms with E-state index in [9.17, 15) is 19.2 Å². The third-order valence-corrected chi connectivity index (χ3v) is 3.11. The number of anilines is 2. The van der Waals surface area contributed by atoms with E-state index < -0.39 is 29.9 Å². The molecule has 8 heteroatoms. The van der Waals surface area contributed by atoms with Crippen molar-refractivity contribution in [3.8, 4) is 0 Å². The van der Waals surface area contributed by atoms with Gasteiger partial charge in [-0.2, -0.15) is 0 Å². The van der Waals surface area contributed by atoms with Crippen molar-refractivity contribution in [2.75, 3.05) is 10.6 Å².